The van der Waals surface area contributed by atoms with Crippen LogP contribution in [0.25, 0.3) is 82.3 Å². The summed E-state index contributed by atoms with van der Waals surface area (Å²) in [5, 5.41) is 7.65. The number of fused-ring (bicyclic) bond motifs is 10. The summed E-state index contributed by atoms with van der Waals surface area (Å²) < 4.78 is 4.99. The molecule has 276 valence electrons. The monoisotopic (exact) mass is 743 g/mol. The van der Waals surface area contributed by atoms with E-state index in [1.807, 2.05) is 0 Å². The first-order chi connectivity index (χ1) is 28.7. The van der Waals surface area contributed by atoms with E-state index < -0.39 is 0 Å². The van der Waals surface area contributed by atoms with Gasteiger partial charge in [-0.25, -0.2) is 0 Å². The molecule has 2 N–H and O–H groups in total. The fourth-order valence-electron chi connectivity index (χ4n) is 10.2. The largest absolute Gasteiger partial charge is 0.333 e. The Kier molecular flexibility index (Phi) is 7.48. The molecule has 9 aromatic rings. The van der Waals surface area contributed by atoms with Crippen molar-refractivity contribution in [1.82, 2.24) is 9.13 Å². The summed E-state index contributed by atoms with van der Waals surface area (Å²) in [5.74, 6) is 0. The van der Waals surface area contributed by atoms with Crippen LogP contribution in [0.2, 0.25) is 0 Å². The minimum absolute atomic E-state index is 0.0416. The van der Waals surface area contributed by atoms with E-state index in [1.165, 1.54) is 105 Å². The molecular weight excluding hydrogens is 703 g/mol. The van der Waals surface area contributed by atoms with Crippen molar-refractivity contribution >= 4 is 65.5 Å². The van der Waals surface area contributed by atoms with Crippen molar-refractivity contribution in [3.63, 3.8) is 0 Å². The Morgan fingerprint density at radius 1 is 0.586 bits per heavy atom. The van der Waals surface area contributed by atoms with Crippen molar-refractivity contribution < 1.29 is 0 Å². The summed E-state index contributed by atoms with van der Waals surface area (Å²) in [7, 11) is 0. The minimum Gasteiger partial charge on any atom is -0.333 e. The van der Waals surface area contributed by atoms with Crippen LogP contribution in [-0.2, 0) is 0 Å². The van der Waals surface area contributed by atoms with Crippen molar-refractivity contribution in [2.45, 2.75) is 31.3 Å². The first kappa shape index (κ1) is 33.2. The van der Waals surface area contributed by atoms with E-state index >= 15 is 0 Å². The van der Waals surface area contributed by atoms with Gasteiger partial charge in [0.15, 0.2) is 0 Å². The first-order valence-electron chi connectivity index (χ1n) is 20.6. The van der Waals surface area contributed by atoms with Crippen LogP contribution in [0.1, 0.15) is 36.4 Å². The van der Waals surface area contributed by atoms with Gasteiger partial charge >= 0.3 is 0 Å². The molecule has 0 radical (unpaired) electrons. The summed E-state index contributed by atoms with van der Waals surface area (Å²) >= 11 is 0. The van der Waals surface area contributed by atoms with Gasteiger partial charge in [-0.15, -0.1) is 0 Å². The maximum Gasteiger partial charge on any atom is 0.0619 e. The van der Waals surface area contributed by atoms with Gasteiger partial charge in [-0.2, -0.15) is 0 Å². The van der Waals surface area contributed by atoms with Gasteiger partial charge < -0.3 is 14.9 Å². The van der Waals surface area contributed by atoms with Gasteiger partial charge in [0.25, 0.3) is 0 Å². The van der Waals surface area contributed by atoms with Crippen LogP contribution in [0.4, 0.5) is 0 Å². The number of nitrogens with two attached hydrogens (primary N) is 1. The van der Waals surface area contributed by atoms with E-state index in [0.717, 1.165) is 19.3 Å². The fraction of sp³-hybridized carbons (Fsp3) is 0.0909. The summed E-state index contributed by atoms with van der Waals surface area (Å²) in [6, 6.07) is 56.1. The SMILES string of the molecule is NC1CC=CC2=C1/C(=C\CC1=CCC(n3c4ccccc4c4cc(-c5ccc6c(c5)c5ccc7ccccc7c5n6-c5ccccc5)ccc43)C=C1)c1ccccc12. The second kappa shape index (κ2) is 13.1. The Morgan fingerprint density at radius 3 is 2.12 bits per heavy atom. The molecule has 0 saturated heterocycles. The van der Waals surface area contributed by atoms with Gasteiger partial charge in [0.2, 0.25) is 0 Å². The summed E-state index contributed by atoms with van der Waals surface area (Å²) in [6.45, 7) is 0. The zero-order chi connectivity index (χ0) is 38.3. The van der Waals surface area contributed by atoms with E-state index in [1.54, 1.807) is 0 Å². The second-order valence-electron chi connectivity index (χ2n) is 16.1. The minimum atomic E-state index is 0.0416. The zero-order valence-corrected chi connectivity index (χ0v) is 32.1. The maximum atomic E-state index is 6.70. The highest BCUT2D eigenvalue weighted by molar-refractivity contribution is 6.19. The predicted octanol–water partition coefficient (Wildman–Crippen LogP) is 13.7. The average molecular weight is 744 g/mol. The molecule has 2 atom stereocenters. The Hall–Kier alpha value is -6.94. The summed E-state index contributed by atoms with van der Waals surface area (Å²) in [4.78, 5) is 0. The lowest BCUT2D eigenvalue weighted by molar-refractivity contribution is 0.643. The van der Waals surface area contributed by atoms with Crippen molar-refractivity contribution in [3.8, 4) is 16.8 Å². The van der Waals surface area contributed by atoms with E-state index in [9.17, 15) is 0 Å². The molecule has 0 aliphatic heterocycles. The predicted molar refractivity (Wildman–Crippen MR) is 245 cm³/mol. The van der Waals surface area contributed by atoms with Gasteiger partial charge in [0, 0.05) is 49.7 Å². The Morgan fingerprint density at radius 2 is 1.29 bits per heavy atom. The topological polar surface area (TPSA) is 35.9 Å². The number of allylic oxidation sites excluding steroid dienone is 7. The van der Waals surface area contributed by atoms with Crippen molar-refractivity contribution in [3.05, 3.63) is 210 Å². The molecule has 0 fully saturated rings. The molecule has 0 spiro atoms. The molecule has 2 unspecified atom stereocenters. The van der Waals surface area contributed by atoms with E-state index in [0.29, 0.717) is 0 Å². The summed E-state index contributed by atoms with van der Waals surface area (Å²) in [5.41, 5.74) is 23.2. The van der Waals surface area contributed by atoms with Crippen molar-refractivity contribution in [2.24, 2.45) is 5.73 Å². The van der Waals surface area contributed by atoms with Gasteiger partial charge in [0.1, 0.15) is 0 Å². The molecule has 0 amide bonds. The zero-order valence-electron chi connectivity index (χ0n) is 32.1. The molecule has 2 aromatic heterocycles. The van der Waals surface area contributed by atoms with Crippen LogP contribution in [0.15, 0.2) is 199 Å². The Balaban J connectivity index is 0.906. The van der Waals surface area contributed by atoms with Crippen molar-refractivity contribution in [1.29, 1.82) is 0 Å². The molecule has 58 heavy (non-hydrogen) atoms. The quantitative estimate of drug-likeness (QED) is 0.187. The third-order valence-corrected chi connectivity index (χ3v) is 12.9. The molecule has 3 heteroatoms. The van der Waals surface area contributed by atoms with Gasteiger partial charge in [0.05, 0.1) is 17.1 Å². The molecule has 7 aromatic carbocycles. The fourth-order valence-corrected chi connectivity index (χ4v) is 10.2. The van der Waals surface area contributed by atoms with E-state index in [4.69, 9.17) is 5.73 Å². The normalized spacial score (nSPS) is 18.3. The lowest BCUT2D eigenvalue weighted by atomic mass is 9.90. The number of hydrogen-bond donors (Lipinski definition) is 1. The number of nitrogens with zero attached hydrogens (tertiary/aromatic N) is 2. The smallest absolute Gasteiger partial charge is 0.0619 e. The number of aromatic nitrogens is 2. The third-order valence-electron chi connectivity index (χ3n) is 12.9. The van der Waals surface area contributed by atoms with Crippen LogP contribution in [0, 0.1) is 0 Å². The lowest BCUT2D eigenvalue weighted by Gasteiger charge is -2.21. The van der Waals surface area contributed by atoms with Gasteiger partial charge in [-0.1, -0.05) is 146 Å². The van der Waals surface area contributed by atoms with Crippen LogP contribution in [0.3, 0.4) is 0 Å². The molecular formula is C55H41N3. The number of benzene rings is 7. The molecule has 0 saturated carbocycles. The van der Waals surface area contributed by atoms with Crippen LogP contribution in [-0.4, -0.2) is 15.2 Å². The molecule has 3 aliphatic rings. The van der Waals surface area contributed by atoms with Gasteiger partial charge in [-0.05, 0) is 112 Å². The van der Waals surface area contributed by atoms with Crippen LogP contribution in [0.5, 0.6) is 0 Å². The molecule has 0 bridgehead atoms. The Bertz CT molecular complexity index is 3320. The third kappa shape index (κ3) is 5.03. The summed E-state index contributed by atoms with van der Waals surface area (Å²) in [6.07, 6.45) is 16.8. The van der Waals surface area contributed by atoms with Gasteiger partial charge in [-0.3, -0.25) is 0 Å². The molecule has 12 rings (SSSR count). The van der Waals surface area contributed by atoms with Crippen LogP contribution < -0.4 is 5.73 Å². The number of hydrogen-bond acceptors (Lipinski definition) is 1. The highest BCUT2D eigenvalue weighted by atomic mass is 15.0. The Labute approximate surface area is 337 Å². The number of rotatable bonds is 5. The average Bonchev–Trinajstić information content (AvgIpc) is 3.92. The standard InChI is InChI=1S/C55H41N3/c56-50-19-10-18-45-42-15-6-7-16-43(42)46(54(45)50)29-23-35-21-27-40(28-22-35)57-51-20-9-8-17-44(51)48-33-37(25-31-52(48)57)38-26-32-53-49(34-38)47-30-24-36-11-4-5-14-41(36)55(47)58(53)39-12-2-1-3-13-39/h1-18,20-22,24-27,29-34,40,50H,19,23,28,56H2/b46-29-. The van der Waals surface area contributed by atoms with Crippen LogP contribution >= 0.6 is 0 Å². The first-order valence-corrected chi connectivity index (χ1v) is 20.6. The van der Waals surface area contributed by atoms with E-state index in [2.05, 4.69) is 197 Å². The molecule has 2 heterocycles. The molecule has 3 nitrogen and oxygen atoms in total. The lowest BCUT2D eigenvalue weighted by Crippen LogP contribution is -2.23. The van der Waals surface area contributed by atoms with E-state index in [-0.39, 0.29) is 12.1 Å². The number of para-hydroxylation sites is 2. The molecule has 3 aliphatic carbocycles. The maximum absolute atomic E-state index is 6.70. The highest BCUT2D eigenvalue weighted by Gasteiger charge is 2.30. The highest BCUT2D eigenvalue weighted by Crippen LogP contribution is 2.46. The second-order valence-corrected chi connectivity index (χ2v) is 16.1. The van der Waals surface area contributed by atoms with Crippen molar-refractivity contribution in [2.75, 3.05) is 0 Å².